The van der Waals surface area contributed by atoms with Crippen molar-refractivity contribution in [2.24, 2.45) is 0 Å². The van der Waals surface area contributed by atoms with E-state index in [9.17, 15) is 22.4 Å². The monoisotopic (exact) mass is 531 g/mol. The molecule has 0 aliphatic carbocycles. The number of hydrogen-bond donors (Lipinski definition) is 1. The Morgan fingerprint density at radius 1 is 0.972 bits per heavy atom. The van der Waals surface area contributed by atoms with Crippen molar-refractivity contribution >= 4 is 39.1 Å². The lowest BCUT2D eigenvalue weighted by molar-refractivity contribution is -0.139. The number of nitrogens with one attached hydrogen (secondary N) is 1. The second-order valence-electron chi connectivity index (χ2n) is 8.02. The number of halogens is 2. The highest BCUT2D eigenvalue weighted by Gasteiger charge is 2.32. The van der Waals surface area contributed by atoms with Gasteiger partial charge in [0.1, 0.15) is 18.4 Å². The molecule has 0 spiro atoms. The maximum atomic E-state index is 13.6. The van der Waals surface area contributed by atoms with Crippen molar-refractivity contribution in [1.82, 2.24) is 10.2 Å². The second kappa shape index (κ2) is 12.0. The number of amides is 2. The number of carbonyl (C=O) groups is 2. The zero-order chi connectivity index (χ0) is 26.3. The van der Waals surface area contributed by atoms with Crippen LogP contribution in [0.4, 0.5) is 10.1 Å². The topological polar surface area (TPSA) is 86.8 Å². The molecule has 3 rings (SSSR count). The number of rotatable bonds is 10. The van der Waals surface area contributed by atoms with Gasteiger partial charge in [-0.05, 0) is 67.9 Å². The van der Waals surface area contributed by atoms with Gasteiger partial charge in [0, 0.05) is 18.1 Å². The number of hydrogen-bond acceptors (Lipinski definition) is 4. The van der Waals surface area contributed by atoms with Crippen molar-refractivity contribution in [3.8, 4) is 0 Å². The molecule has 1 atom stereocenters. The summed E-state index contributed by atoms with van der Waals surface area (Å²) >= 11 is 6.00. The van der Waals surface area contributed by atoms with E-state index in [1.165, 1.54) is 65.6 Å². The maximum Gasteiger partial charge on any atom is 0.264 e. The highest BCUT2D eigenvalue weighted by Crippen LogP contribution is 2.26. The minimum Gasteiger partial charge on any atom is -0.355 e. The van der Waals surface area contributed by atoms with Crippen molar-refractivity contribution in [2.45, 2.75) is 31.3 Å². The molecule has 7 nitrogen and oxygen atoms in total. The molecule has 0 fully saturated rings. The third-order valence-corrected chi connectivity index (χ3v) is 7.55. The first-order valence-corrected chi connectivity index (χ1v) is 13.1. The molecule has 3 aromatic rings. The lowest BCUT2D eigenvalue weighted by Crippen LogP contribution is -2.51. The standard InChI is InChI=1S/C26H27ClFN3O4S/c1-3-29-26(33)19(2)30(17-20-9-13-22(28)14-10-20)25(32)18-31(23-15-11-21(27)12-16-23)36(34,35)24-7-5-4-6-8-24/h4-16,19H,3,17-18H2,1-2H3,(H,29,33). The third-order valence-electron chi connectivity index (χ3n) is 5.51. The first-order chi connectivity index (χ1) is 17.1. The summed E-state index contributed by atoms with van der Waals surface area (Å²) in [5.41, 5.74) is 0.828. The van der Waals surface area contributed by atoms with E-state index >= 15 is 0 Å². The molecule has 0 radical (unpaired) electrons. The number of sulfonamides is 1. The van der Waals surface area contributed by atoms with Gasteiger partial charge in [-0.3, -0.25) is 13.9 Å². The summed E-state index contributed by atoms with van der Waals surface area (Å²) in [7, 11) is -4.14. The van der Waals surface area contributed by atoms with Gasteiger partial charge < -0.3 is 10.2 Å². The summed E-state index contributed by atoms with van der Waals surface area (Å²) < 4.78 is 41.6. The fourth-order valence-corrected chi connectivity index (χ4v) is 5.11. The molecule has 10 heteroatoms. The van der Waals surface area contributed by atoms with Crippen LogP contribution in [0, 0.1) is 5.82 Å². The molecule has 1 unspecified atom stereocenters. The van der Waals surface area contributed by atoms with Gasteiger partial charge in [-0.15, -0.1) is 0 Å². The number of nitrogens with zero attached hydrogens (tertiary/aromatic N) is 2. The van der Waals surface area contributed by atoms with Crippen LogP contribution in [0.25, 0.3) is 0 Å². The van der Waals surface area contributed by atoms with Crippen LogP contribution in [0.2, 0.25) is 5.02 Å². The summed E-state index contributed by atoms with van der Waals surface area (Å²) in [6.45, 7) is 3.10. The Morgan fingerprint density at radius 2 is 1.58 bits per heavy atom. The Hall–Kier alpha value is -3.43. The number of likely N-dealkylation sites (N-methyl/N-ethyl adjacent to an activating group) is 1. The summed E-state index contributed by atoms with van der Waals surface area (Å²) in [5, 5.41) is 3.09. The van der Waals surface area contributed by atoms with Crippen LogP contribution in [-0.4, -0.2) is 44.3 Å². The van der Waals surface area contributed by atoms with Crippen LogP contribution in [0.1, 0.15) is 19.4 Å². The van der Waals surface area contributed by atoms with Gasteiger partial charge in [0.05, 0.1) is 10.6 Å². The van der Waals surface area contributed by atoms with Crippen molar-refractivity contribution in [3.63, 3.8) is 0 Å². The molecular formula is C26H27ClFN3O4S. The maximum absolute atomic E-state index is 13.6. The minimum absolute atomic E-state index is 0.00890. The lowest BCUT2D eigenvalue weighted by atomic mass is 10.1. The average molecular weight is 532 g/mol. The van der Waals surface area contributed by atoms with Gasteiger partial charge in [0.25, 0.3) is 10.0 Å². The van der Waals surface area contributed by atoms with E-state index in [1.54, 1.807) is 32.0 Å². The quantitative estimate of drug-likeness (QED) is 0.424. The molecule has 0 aromatic heterocycles. The Balaban J connectivity index is 2.00. The van der Waals surface area contributed by atoms with Crippen molar-refractivity contribution in [3.05, 3.63) is 95.3 Å². The smallest absolute Gasteiger partial charge is 0.264 e. The van der Waals surface area contributed by atoms with Crippen LogP contribution in [0.15, 0.2) is 83.8 Å². The van der Waals surface area contributed by atoms with Crippen LogP contribution in [0.5, 0.6) is 0 Å². The molecule has 3 aromatic carbocycles. The summed E-state index contributed by atoms with van der Waals surface area (Å²) in [5.74, 6) is -1.43. The Kier molecular flexibility index (Phi) is 9.06. The fourth-order valence-electron chi connectivity index (χ4n) is 3.55. The van der Waals surface area contributed by atoms with Gasteiger partial charge in [0.15, 0.2) is 0 Å². The van der Waals surface area contributed by atoms with E-state index in [2.05, 4.69) is 5.32 Å². The van der Waals surface area contributed by atoms with E-state index < -0.39 is 40.2 Å². The molecule has 0 aliphatic rings. The SMILES string of the molecule is CCNC(=O)C(C)N(Cc1ccc(F)cc1)C(=O)CN(c1ccc(Cl)cc1)S(=O)(=O)c1ccccc1. The van der Waals surface area contributed by atoms with Gasteiger partial charge in [-0.2, -0.15) is 0 Å². The second-order valence-corrected chi connectivity index (χ2v) is 10.3. The molecule has 2 amide bonds. The van der Waals surface area contributed by atoms with Crippen molar-refractivity contribution < 1.29 is 22.4 Å². The largest absolute Gasteiger partial charge is 0.355 e. The lowest BCUT2D eigenvalue weighted by Gasteiger charge is -2.32. The molecular weight excluding hydrogens is 505 g/mol. The predicted octanol–water partition coefficient (Wildman–Crippen LogP) is 4.23. The number of anilines is 1. The zero-order valence-electron chi connectivity index (χ0n) is 19.9. The highest BCUT2D eigenvalue weighted by molar-refractivity contribution is 7.92. The Morgan fingerprint density at radius 3 is 2.17 bits per heavy atom. The summed E-state index contributed by atoms with van der Waals surface area (Å²) in [6, 6.07) is 18.5. The molecule has 0 bridgehead atoms. The van der Waals surface area contributed by atoms with E-state index in [-0.39, 0.29) is 17.1 Å². The van der Waals surface area contributed by atoms with Gasteiger partial charge >= 0.3 is 0 Å². The molecule has 190 valence electrons. The van der Waals surface area contributed by atoms with E-state index in [1.807, 2.05) is 0 Å². The van der Waals surface area contributed by atoms with Gasteiger partial charge in [-0.25, -0.2) is 12.8 Å². The van der Waals surface area contributed by atoms with Crippen LogP contribution >= 0.6 is 11.6 Å². The van der Waals surface area contributed by atoms with E-state index in [0.29, 0.717) is 17.1 Å². The Labute approximate surface area is 215 Å². The molecule has 0 saturated heterocycles. The van der Waals surface area contributed by atoms with Crippen molar-refractivity contribution in [2.75, 3.05) is 17.4 Å². The number of benzene rings is 3. The number of carbonyl (C=O) groups excluding carboxylic acids is 2. The molecule has 36 heavy (non-hydrogen) atoms. The Bertz CT molecular complexity index is 1290. The molecule has 0 heterocycles. The zero-order valence-corrected chi connectivity index (χ0v) is 21.5. The highest BCUT2D eigenvalue weighted by atomic mass is 35.5. The summed E-state index contributed by atoms with van der Waals surface area (Å²) in [6.07, 6.45) is 0. The van der Waals surface area contributed by atoms with E-state index in [4.69, 9.17) is 11.6 Å². The summed E-state index contributed by atoms with van der Waals surface area (Å²) in [4.78, 5) is 27.6. The van der Waals surface area contributed by atoms with E-state index in [0.717, 1.165) is 4.31 Å². The average Bonchev–Trinajstić information content (AvgIpc) is 2.87. The first kappa shape index (κ1) is 27.2. The van der Waals surface area contributed by atoms with Gasteiger partial charge in [-0.1, -0.05) is 41.9 Å². The molecule has 0 saturated carbocycles. The van der Waals surface area contributed by atoms with Crippen LogP contribution in [0.3, 0.4) is 0 Å². The molecule has 0 aliphatic heterocycles. The minimum atomic E-state index is -4.14. The fraction of sp³-hybridized carbons (Fsp3) is 0.231. The van der Waals surface area contributed by atoms with Crippen LogP contribution < -0.4 is 9.62 Å². The third kappa shape index (κ3) is 6.61. The predicted molar refractivity (Wildman–Crippen MR) is 138 cm³/mol. The molecule has 1 N–H and O–H groups in total. The van der Waals surface area contributed by atoms with Crippen LogP contribution in [-0.2, 0) is 26.2 Å². The van der Waals surface area contributed by atoms with Gasteiger partial charge in [0.2, 0.25) is 11.8 Å². The van der Waals surface area contributed by atoms with Crippen molar-refractivity contribution in [1.29, 1.82) is 0 Å². The normalized spacial score (nSPS) is 12.0. The first-order valence-electron chi connectivity index (χ1n) is 11.3.